The van der Waals surface area contributed by atoms with Crippen LogP contribution in [0.15, 0.2) is 29.2 Å². The molecule has 6 heteroatoms. The third-order valence-corrected chi connectivity index (χ3v) is 6.30. The quantitative estimate of drug-likeness (QED) is 0.649. The Bertz CT molecular complexity index is 735. The lowest BCUT2D eigenvalue weighted by Gasteiger charge is -2.19. The van der Waals surface area contributed by atoms with Crippen molar-refractivity contribution in [3.05, 3.63) is 29.8 Å². The van der Waals surface area contributed by atoms with Crippen LogP contribution in [0.1, 0.15) is 31.2 Å². The van der Waals surface area contributed by atoms with Gasteiger partial charge in [0.25, 0.3) is 0 Å². The molecule has 1 aliphatic carbocycles. The van der Waals surface area contributed by atoms with Gasteiger partial charge >= 0.3 is 0 Å². The second-order valence-corrected chi connectivity index (χ2v) is 8.54. The minimum absolute atomic E-state index is 0.0541. The summed E-state index contributed by atoms with van der Waals surface area (Å²) in [5, 5.41) is 10.3. The zero-order valence-electron chi connectivity index (χ0n) is 13.9. The summed E-state index contributed by atoms with van der Waals surface area (Å²) >= 11 is 0. The van der Waals surface area contributed by atoms with E-state index in [2.05, 4.69) is 11.8 Å². The largest absolute Gasteiger partial charge is 0.378 e. The summed E-state index contributed by atoms with van der Waals surface area (Å²) < 4.78 is 32.2. The standard InChI is InChI=1S/C18H23NO4S/c1-15-5-7-17(8-6-15)24(21,22)19(13-16-14-23-16)12-4-11-18(20)9-2-3-10-18/h5-8,16,20H,2-3,9-10,12-14H2,1H3. The summed E-state index contributed by atoms with van der Waals surface area (Å²) in [6.07, 6.45) is 3.20. The molecule has 1 atom stereocenters. The molecule has 2 aliphatic rings. The van der Waals surface area contributed by atoms with Crippen LogP contribution in [0.5, 0.6) is 0 Å². The molecule has 1 aromatic rings. The summed E-state index contributed by atoms with van der Waals surface area (Å²) in [5.74, 6) is 5.75. The molecule has 130 valence electrons. The molecule has 1 N–H and O–H groups in total. The van der Waals surface area contributed by atoms with E-state index in [9.17, 15) is 13.5 Å². The highest BCUT2D eigenvalue weighted by molar-refractivity contribution is 7.89. The van der Waals surface area contributed by atoms with Crippen LogP contribution in [-0.4, -0.2) is 49.2 Å². The Labute approximate surface area is 143 Å². The number of hydrogen-bond donors (Lipinski definition) is 1. The van der Waals surface area contributed by atoms with Crippen molar-refractivity contribution in [1.82, 2.24) is 4.31 Å². The number of ether oxygens (including phenoxy) is 1. The Morgan fingerprint density at radius 1 is 1.29 bits per heavy atom. The van der Waals surface area contributed by atoms with Crippen LogP contribution in [0, 0.1) is 18.8 Å². The van der Waals surface area contributed by atoms with E-state index in [0.29, 0.717) is 26.0 Å². The van der Waals surface area contributed by atoms with Gasteiger partial charge < -0.3 is 9.84 Å². The molecule has 5 nitrogen and oxygen atoms in total. The highest BCUT2D eigenvalue weighted by atomic mass is 32.2. The Balaban J connectivity index is 1.78. The Hall–Kier alpha value is -1.39. The van der Waals surface area contributed by atoms with Crippen LogP contribution < -0.4 is 0 Å². The summed E-state index contributed by atoms with van der Waals surface area (Å²) in [6, 6.07) is 6.80. The van der Waals surface area contributed by atoms with E-state index in [1.807, 2.05) is 6.92 Å². The molecule has 0 aromatic heterocycles. The first-order valence-corrected chi connectivity index (χ1v) is 9.74. The number of benzene rings is 1. The molecule has 1 saturated carbocycles. The average Bonchev–Trinajstić information content (AvgIpc) is 3.26. The summed E-state index contributed by atoms with van der Waals surface area (Å²) in [7, 11) is -3.62. The number of sulfonamides is 1. The van der Waals surface area contributed by atoms with Crippen molar-refractivity contribution in [2.75, 3.05) is 19.7 Å². The van der Waals surface area contributed by atoms with Crippen LogP contribution in [0.3, 0.4) is 0 Å². The maximum absolute atomic E-state index is 12.9. The molecule has 1 aliphatic heterocycles. The molecule has 0 spiro atoms. The molecule has 24 heavy (non-hydrogen) atoms. The van der Waals surface area contributed by atoms with Crippen molar-refractivity contribution < 1.29 is 18.3 Å². The summed E-state index contributed by atoms with van der Waals surface area (Å²) in [4.78, 5) is 0.259. The zero-order valence-corrected chi connectivity index (χ0v) is 14.7. The highest BCUT2D eigenvalue weighted by Crippen LogP contribution is 2.28. The molecule has 0 radical (unpaired) electrons. The fourth-order valence-electron chi connectivity index (χ4n) is 2.88. The third kappa shape index (κ3) is 4.17. The molecular formula is C18H23NO4S. The van der Waals surface area contributed by atoms with Crippen LogP contribution in [0.4, 0.5) is 0 Å². The van der Waals surface area contributed by atoms with E-state index < -0.39 is 15.6 Å². The fraction of sp³-hybridized carbons (Fsp3) is 0.556. The molecule has 1 aromatic carbocycles. The first-order valence-electron chi connectivity index (χ1n) is 8.30. The van der Waals surface area contributed by atoms with E-state index in [1.54, 1.807) is 24.3 Å². The van der Waals surface area contributed by atoms with Gasteiger partial charge in [-0.1, -0.05) is 29.5 Å². The van der Waals surface area contributed by atoms with Gasteiger partial charge in [-0.15, -0.1) is 0 Å². The Morgan fingerprint density at radius 3 is 2.50 bits per heavy atom. The number of rotatable bonds is 5. The average molecular weight is 349 g/mol. The van der Waals surface area contributed by atoms with Crippen molar-refractivity contribution in [2.45, 2.75) is 49.2 Å². The molecule has 2 fully saturated rings. The van der Waals surface area contributed by atoms with Gasteiger partial charge in [-0.3, -0.25) is 0 Å². The zero-order chi connectivity index (χ0) is 17.2. The lowest BCUT2D eigenvalue weighted by atomic mass is 10.0. The molecule has 0 bridgehead atoms. The fourth-order valence-corrected chi connectivity index (χ4v) is 4.26. The Morgan fingerprint density at radius 2 is 1.92 bits per heavy atom. The lowest BCUT2D eigenvalue weighted by molar-refractivity contribution is 0.110. The van der Waals surface area contributed by atoms with Crippen molar-refractivity contribution in [3.8, 4) is 11.8 Å². The van der Waals surface area contributed by atoms with Gasteiger partial charge in [0.1, 0.15) is 5.60 Å². The van der Waals surface area contributed by atoms with Gasteiger partial charge in [0.2, 0.25) is 10.0 Å². The second kappa shape index (κ2) is 6.85. The molecule has 1 unspecified atom stereocenters. The number of nitrogens with zero attached hydrogens (tertiary/aromatic N) is 1. The van der Waals surface area contributed by atoms with Crippen LogP contribution in [0.25, 0.3) is 0 Å². The monoisotopic (exact) mass is 349 g/mol. The van der Waals surface area contributed by atoms with Gasteiger partial charge in [-0.05, 0) is 44.7 Å². The number of aliphatic hydroxyl groups is 1. The minimum Gasteiger partial charge on any atom is -0.378 e. The van der Waals surface area contributed by atoms with Crippen molar-refractivity contribution >= 4 is 10.0 Å². The van der Waals surface area contributed by atoms with Crippen molar-refractivity contribution in [3.63, 3.8) is 0 Å². The maximum Gasteiger partial charge on any atom is 0.244 e. The van der Waals surface area contributed by atoms with Gasteiger partial charge in [0.15, 0.2) is 0 Å². The molecule has 3 rings (SSSR count). The Kier molecular flexibility index (Phi) is 4.97. The normalized spacial score (nSPS) is 22.2. The highest BCUT2D eigenvalue weighted by Gasteiger charge is 2.33. The smallest absolute Gasteiger partial charge is 0.244 e. The van der Waals surface area contributed by atoms with Crippen LogP contribution in [0.2, 0.25) is 0 Å². The predicted octanol–water partition coefficient (Wildman–Crippen LogP) is 1.69. The second-order valence-electron chi connectivity index (χ2n) is 6.61. The minimum atomic E-state index is -3.62. The SMILES string of the molecule is Cc1ccc(S(=O)(=O)N(CC#CC2(O)CCCC2)CC2CO2)cc1. The third-order valence-electron chi connectivity index (χ3n) is 4.48. The number of hydrogen-bond acceptors (Lipinski definition) is 4. The van der Waals surface area contributed by atoms with E-state index in [1.165, 1.54) is 4.31 Å². The molecule has 1 saturated heterocycles. The molecule has 0 amide bonds. The molecule has 1 heterocycles. The van der Waals surface area contributed by atoms with Crippen LogP contribution in [-0.2, 0) is 14.8 Å². The number of epoxide rings is 1. The van der Waals surface area contributed by atoms with Gasteiger partial charge in [0, 0.05) is 6.54 Å². The first-order chi connectivity index (χ1) is 11.4. The topological polar surface area (TPSA) is 70.1 Å². The van der Waals surface area contributed by atoms with E-state index >= 15 is 0 Å². The van der Waals surface area contributed by atoms with E-state index in [4.69, 9.17) is 4.74 Å². The number of aryl methyl sites for hydroxylation is 1. The van der Waals surface area contributed by atoms with Gasteiger partial charge in [-0.2, -0.15) is 4.31 Å². The maximum atomic E-state index is 12.9. The lowest BCUT2D eigenvalue weighted by Crippen LogP contribution is -2.35. The van der Waals surface area contributed by atoms with E-state index in [-0.39, 0.29) is 17.5 Å². The van der Waals surface area contributed by atoms with Gasteiger partial charge in [0.05, 0.1) is 24.2 Å². The van der Waals surface area contributed by atoms with Crippen molar-refractivity contribution in [2.24, 2.45) is 0 Å². The summed E-state index contributed by atoms with van der Waals surface area (Å²) in [6.45, 7) is 2.86. The summed E-state index contributed by atoms with van der Waals surface area (Å²) in [5.41, 5.74) is 0.0596. The predicted molar refractivity (Wildman–Crippen MR) is 90.9 cm³/mol. The molecular weight excluding hydrogens is 326 g/mol. The first kappa shape index (κ1) is 17.4. The van der Waals surface area contributed by atoms with Crippen LogP contribution >= 0.6 is 0 Å². The van der Waals surface area contributed by atoms with E-state index in [0.717, 1.165) is 18.4 Å². The van der Waals surface area contributed by atoms with Gasteiger partial charge in [-0.25, -0.2) is 8.42 Å². The van der Waals surface area contributed by atoms with Crippen molar-refractivity contribution in [1.29, 1.82) is 0 Å².